The number of hydrogen-bond acceptors (Lipinski definition) is 6. The minimum Gasteiger partial charge on any atom is -0.493 e. The Bertz CT molecular complexity index is 1110. The van der Waals surface area contributed by atoms with E-state index < -0.39 is 17.4 Å². The zero-order chi connectivity index (χ0) is 28.5. The van der Waals surface area contributed by atoms with Gasteiger partial charge in [0.25, 0.3) is 0 Å². The van der Waals surface area contributed by atoms with Crippen molar-refractivity contribution in [2.45, 2.75) is 75.9 Å². The van der Waals surface area contributed by atoms with Gasteiger partial charge in [-0.1, -0.05) is 49.6 Å². The molecule has 0 spiro atoms. The van der Waals surface area contributed by atoms with E-state index in [1.54, 1.807) is 26.2 Å². The molecule has 2 aromatic rings. The van der Waals surface area contributed by atoms with Gasteiger partial charge in [0, 0.05) is 19.6 Å². The van der Waals surface area contributed by atoms with E-state index in [-0.39, 0.29) is 24.9 Å². The van der Waals surface area contributed by atoms with Gasteiger partial charge in [0.2, 0.25) is 11.7 Å². The fourth-order valence-electron chi connectivity index (χ4n) is 6.48. The molecule has 0 radical (unpaired) electrons. The Hall–Kier alpha value is -3.26. The van der Waals surface area contributed by atoms with E-state index in [0.29, 0.717) is 36.8 Å². The Labute approximate surface area is 237 Å². The first-order chi connectivity index (χ1) is 19.4. The summed E-state index contributed by atoms with van der Waals surface area (Å²) in [5.74, 6) is -0.0480. The van der Waals surface area contributed by atoms with Crippen molar-refractivity contribution in [3.63, 3.8) is 0 Å². The molecule has 40 heavy (non-hydrogen) atoms. The summed E-state index contributed by atoms with van der Waals surface area (Å²) in [7, 11) is 4.68. The molecule has 218 valence electrons. The minimum atomic E-state index is -1.31. The molecule has 1 amide bonds. The van der Waals surface area contributed by atoms with Crippen LogP contribution in [0.2, 0.25) is 0 Å². The number of likely N-dealkylation sites (tertiary alicyclic amines) is 1. The molecular formula is C32H43NO7. The molecule has 1 heterocycles. The Balaban J connectivity index is 1.66. The predicted molar refractivity (Wildman–Crippen MR) is 152 cm³/mol. The summed E-state index contributed by atoms with van der Waals surface area (Å²) in [6.07, 6.45) is 7.28. The molecule has 1 saturated carbocycles. The number of carbonyl (C=O) groups excluding carboxylic acids is 1. The fraction of sp³-hybridized carbons (Fsp3) is 0.562. The lowest BCUT2D eigenvalue weighted by Crippen LogP contribution is -2.61. The zero-order valence-electron chi connectivity index (χ0n) is 24.0. The average molecular weight is 554 g/mol. The van der Waals surface area contributed by atoms with Gasteiger partial charge in [0.05, 0.1) is 33.9 Å². The Morgan fingerprint density at radius 1 is 0.950 bits per heavy atom. The van der Waals surface area contributed by atoms with Gasteiger partial charge in [0.1, 0.15) is 5.54 Å². The molecule has 1 aliphatic heterocycles. The van der Waals surface area contributed by atoms with Crippen LogP contribution >= 0.6 is 0 Å². The molecule has 2 fully saturated rings. The van der Waals surface area contributed by atoms with Crippen molar-refractivity contribution in [3.8, 4) is 17.2 Å². The van der Waals surface area contributed by atoms with Crippen LogP contribution in [0.3, 0.4) is 0 Å². The van der Waals surface area contributed by atoms with E-state index in [4.69, 9.17) is 18.9 Å². The van der Waals surface area contributed by atoms with Crippen LogP contribution < -0.4 is 14.2 Å². The maximum Gasteiger partial charge on any atom is 0.329 e. The zero-order valence-corrected chi connectivity index (χ0v) is 24.0. The highest BCUT2D eigenvalue weighted by molar-refractivity contribution is 5.91. The summed E-state index contributed by atoms with van der Waals surface area (Å²) in [5.41, 5.74) is 0.499. The number of ether oxygens (including phenoxy) is 4. The normalized spacial score (nSPS) is 20.5. The number of methoxy groups -OCH3 is 3. The first-order valence-corrected chi connectivity index (χ1v) is 14.4. The number of hydrogen-bond donors (Lipinski definition) is 1. The average Bonchev–Trinajstić information content (AvgIpc) is 3.00. The maximum absolute atomic E-state index is 14.6. The first-order valence-electron chi connectivity index (χ1n) is 14.4. The molecule has 0 aromatic heterocycles. The van der Waals surface area contributed by atoms with E-state index in [1.807, 2.05) is 42.5 Å². The smallest absolute Gasteiger partial charge is 0.329 e. The number of carboxylic acid groups (broad SMARTS) is 1. The third kappa shape index (κ3) is 6.38. The number of carboxylic acids is 1. The topological polar surface area (TPSA) is 94.5 Å². The van der Waals surface area contributed by atoms with Gasteiger partial charge < -0.3 is 29.0 Å². The van der Waals surface area contributed by atoms with Crippen molar-refractivity contribution in [1.29, 1.82) is 0 Å². The van der Waals surface area contributed by atoms with Gasteiger partial charge in [-0.3, -0.25) is 4.79 Å². The van der Waals surface area contributed by atoms with Crippen molar-refractivity contribution >= 4 is 11.9 Å². The summed E-state index contributed by atoms with van der Waals surface area (Å²) in [6, 6.07) is 13.5. The van der Waals surface area contributed by atoms with Crippen LogP contribution in [0.4, 0.5) is 0 Å². The largest absolute Gasteiger partial charge is 0.493 e. The lowest BCUT2D eigenvalue weighted by atomic mass is 9.74. The van der Waals surface area contributed by atoms with Crippen LogP contribution in [0.5, 0.6) is 17.2 Å². The highest BCUT2D eigenvalue weighted by Gasteiger charge is 2.50. The molecule has 4 rings (SSSR count). The number of amides is 1. The summed E-state index contributed by atoms with van der Waals surface area (Å²) in [4.78, 5) is 29.3. The molecule has 2 atom stereocenters. The Morgan fingerprint density at radius 2 is 1.62 bits per heavy atom. The maximum atomic E-state index is 14.6. The quantitative estimate of drug-likeness (QED) is 0.331. The second-order valence-corrected chi connectivity index (χ2v) is 10.9. The van der Waals surface area contributed by atoms with Crippen molar-refractivity contribution in [2.24, 2.45) is 5.92 Å². The van der Waals surface area contributed by atoms with E-state index >= 15 is 0 Å². The first kappa shape index (κ1) is 29.7. The van der Waals surface area contributed by atoms with E-state index in [9.17, 15) is 14.7 Å². The van der Waals surface area contributed by atoms with Crippen molar-refractivity contribution in [2.75, 3.05) is 34.5 Å². The summed E-state index contributed by atoms with van der Waals surface area (Å²) >= 11 is 0. The molecule has 1 aliphatic carbocycles. The monoisotopic (exact) mass is 553 g/mol. The highest BCUT2D eigenvalue weighted by atomic mass is 16.5. The van der Waals surface area contributed by atoms with Crippen LogP contribution in [0, 0.1) is 5.92 Å². The lowest BCUT2D eigenvalue weighted by molar-refractivity contribution is -0.165. The lowest BCUT2D eigenvalue weighted by Gasteiger charge is -2.46. The fourth-order valence-corrected chi connectivity index (χ4v) is 6.48. The third-order valence-electron chi connectivity index (χ3n) is 8.61. The summed E-state index contributed by atoms with van der Waals surface area (Å²) in [5, 5.41) is 10.6. The van der Waals surface area contributed by atoms with Crippen LogP contribution in [0.1, 0.15) is 74.8 Å². The Morgan fingerprint density at radius 3 is 2.23 bits per heavy atom. The summed E-state index contributed by atoms with van der Waals surface area (Å²) < 4.78 is 22.7. The predicted octanol–water partition coefficient (Wildman–Crippen LogP) is 5.82. The van der Waals surface area contributed by atoms with Gasteiger partial charge in [-0.25, -0.2) is 4.79 Å². The molecule has 1 N–H and O–H groups in total. The molecule has 0 unspecified atom stereocenters. The number of aliphatic carboxylic acids is 1. The van der Waals surface area contributed by atoms with Crippen molar-refractivity contribution in [3.05, 3.63) is 53.6 Å². The number of nitrogens with zero attached hydrogens (tertiary/aromatic N) is 1. The van der Waals surface area contributed by atoms with Crippen molar-refractivity contribution in [1.82, 2.24) is 4.90 Å². The van der Waals surface area contributed by atoms with Crippen LogP contribution in [0.15, 0.2) is 42.5 Å². The van der Waals surface area contributed by atoms with Crippen LogP contribution in [-0.4, -0.2) is 61.9 Å². The van der Waals surface area contributed by atoms with Gasteiger partial charge in [-0.05, 0) is 61.3 Å². The number of piperidine rings is 1. The molecule has 0 bridgehead atoms. The standard InChI is InChI=1S/C32H43NO7/c1-37-26-20-25(21-27(38-2)29(26)39-3)28(24-14-8-5-9-15-24)30(34)33-18-11-10-16-32(33,31(35)36)17-19-40-22-23-12-6-4-7-13-23/h4,6-7,12-13,20-21,24,28H,5,8-11,14-19,22H2,1-3H3,(H,35,36)/t28-,32-/m0/s1. The van der Waals surface area contributed by atoms with Gasteiger partial charge >= 0.3 is 5.97 Å². The second kappa shape index (κ2) is 13.9. The molecule has 8 nitrogen and oxygen atoms in total. The van der Waals surface area contributed by atoms with Crippen LogP contribution in [-0.2, 0) is 20.9 Å². The van der Waals surface area contributed by atoms with E-state index in [1.165, 1.54) is 0 Å². The summed E-state index contributed by atoms with van der Waals surface area (Å²) in [6.45, 7) is 1.07. The second-order valence-electron chi connectivity index (χ2n) is 10.9. The molecule has 2 aliphatic rings. The molecule has 8 heteroatoms. The third-order valence-corrected chi connectivity index (χ3v) is 8.61. The van der Waals surface area contributed by atoms with Gasteiger partial charge in [-0.15, -0.1) is 0 Å². The molecule has 1 saturated heterocycles. The van der Waals surface area contributed by atoms with E-state index in [0.717, 1.165) is 56.1 Å². The minimum absolute atomic E-state index is 0.104. The van der Waals surface area contributed by atoms with Gasteiger partial charge in [-0.2, -0.15) is 0 Å². The number of benzene rings is 2. The molecule has 2 aromatic carbocycles. The van der Waals surface area contributed by atoms with E-state index in [2.05, 4.69) is 0 Å². The van der Waals surface area contributed by atoms with Crippen LogP contribution in [0.25, 0.3) is 0 Å². The SMILES string of the molecule is COc1cc([C@@H](C(=O)N2CCCC[C@]2(CCOCc2ccccc2)C(=O)O)C2CCCCC2)cc(OC)c1OC. The highest BCUT2D eigenvalue weighted by Crippen LogP contribution is 2.46. The van der Waals surface area contributed by atoms with Crippen molar-refractivity contribution < 1.29 is 33.6 Å². The number of carbonyl (C=O) groups is 2. The van der Waals surface area contributed by atoms with Gasteiger partial charge in [0.15, 0.2) is 11.5 Å². The Kier molecular flexibility index (Phi) is 10.3. The number of rotatable bonds is 12. The molecular weight excluding hydrogens is 510 g/mol.